The summed E-state index contributed by atoms with van der Waals surface area (Å²) in [6.45, 7) is 2.56. The summed E-state index contributed by atoms with van der Waals surface area (Å²) in [6.07, 6.45) is 1.80. The highest BCUT2D eigenvalue weighted by molar-refractivity contribution is 5.81. The third kappa shape index (κ3) is 3.99. The third-order valence-electron chi connectivity index (χ3n) is 3.00. The van der Waals surface area contributed by atoms with E-state index in [-0.39, 0.29) is 0 Å². The van der Waals surface area contributed by atoms with Crippen LogP contribution in [0.4, 0.5) is 5.69 Å². The summed E-state index contributed by atoms with van der Waals surface area (Å²) in [5.74, 6) is 1.46. The molecule has 0 spiro atoms. The largest absolute Gasteiger partial charge is 0.493 e. The third-order valence-corrected chi connectivity index (χ3v) is 3.00. The summed E-state index contributed by atoms with van der Waals surface area (Å²) in [4.78, 5) is 0. The standard InChI is InChI=1S/C17H20N2O2/c1-4-21-16-11-10-14(12-17(16)20-3)13-18-19(2)15-8-6-5-7-9-15/h5-13H,4H2,1-3H3/b18-13-. The lowest BCUT2D eigenvalue weighted by molar-refractivity contribution is 0.311. The SMILES string of the molecule is CCOc1ccc(/C=N\N(C)c2ccccc2)cc1OC. The number of hydrogen-bond acceptors (Lipinski definition) is 4. The van der Waals surface area contributed by atoms with Crippen LogP contribution in [-0.2, 0) is 0 Å². The average molecular weight is 284 g/mol. The zero-order valence-electron chi connectivity index (χ0n) is 12.6. The number of hydrazone groups is 1. The van der Waals surface area contributed by atoms with Gasteiger partial charge >= 0.3 is 0 Å². The molecule has 0 fully saturated rings. The van der Waals surface area contributed by atoms with Crippen LogP contribution in [0.1, 0.15) is 12.5 Å². The molecule has 2 aromatic carbocycles. The Kier molecular flexibility index (Phi) is 5.21. The summed E-state index contributed by atoms with van der Waals surface area (Å²) in [5.41, 5.74) is 1.99. The number of hydrogen-bond donors (Lipinski definition) is 0. The van der Waals surface area contributed by atoms with Crippen LogP contribution < -0.4 is 14.5 Å². The molecule has 0 saturated carbocycles. The van der Waals surface area contributed by atoms with Gasteiger partial charge < -0.3 is 9.47 Å². The molecule has 4 nitrogen and oxygen atoms in total. The van der Waals surface area contributed by atoms with E-state index < -0.39 is 0 Å². The van der Waals surface area contributed by atoms with Crippen molar-refractivity contribution in [3.63, 3.8) is 0 Å². The molecule has 0 aliphatic carbocycles. The van der Waals surface area contributed by atoms with Crippen LogP contribution >= 0.6 is 0 Å². The molecule has 0 N–H and O–H groups in total. The molecule has 4 heteroatoms. The maximum Gasteiger partial charge on any atom is 0.161 e. The molecule has 0 saturated heterocycles. The van der Waals surface area contributed by atoms with Gasteiger partial charge in [-0.25, -0.2) is 0 Å². The van der Waals surface area contributed by atoms with Gasteiger partial charge in [-0.2, -0.15) is 5.10 Å². The molecule has 0 atom stereocenters. The zero-order chi connectivity index (χ0) is 15.1. The fourth-order valence-corrected chi connectivity index (χ4v) is 1.90. The maximum atomic E-state index is 5.50. The van der Waals surface area contributed by atoms with E-state index >= 15 is 0 Å². The van der Waals surface area contributed by atoms with Crippen molar-refractivity contribution in [3.8, 4) is 11.5 Å². The normalized spacial score (nSPS) is 10.6. The number of benzene rings is 2. The van der Waals surface area contributed by atoms with Crippen molar-refractivity contribution in [1.29, 1.82) is 0 Å². The minimum atomic E-state index is 0.612. The second kappa shape index (κ2) is 7.33. The smallest absolute Gasteiger partial charge is 0.161 e. The van der Waals surface area contributed by atoms with Crippen molar-refractivity contribution in [3.05, 3.63) is 54.1 Å². The molecule has 0 bridgehead atoms. The van der Waals surface area contributed by atoms with Gasteiger partial charge in [-0.3, -0.25) is 5.01 Å². The van der Waals surface area contributed by atoms with Gasteiger partial charge in [0.05, 0.1) is 25.6 Å². The molecule has 110 valence electrons. The number of nitrogens with zero attached hydrogens (tertiary/aromatic N) is 2. The zero-order valence-corrected chi connectivity index (χ0v) is 12.6. The summed E-state index contributed by atoms with van der Waals surface area (Å²) in [7, 11) is 3.55. The first kappa shape index (κ1) is 14.9. The van der Waals surface area contributed by atoms with Crippen molar-refractivity contribution in [2.24, 2.45) is 5.10 Å². The molecule has 0 aliphatic rings. The Morgan fingerprint density at radius 1 is 1.10 bits per heavy atom. The summed E-state index contributed by atoms with van der Waals surface area (Å²) < 4.78 is 10.8. The monoisotopic (exact) mass is 284 g/mol. The number of ether oxygens (including phenoxy) is 2. The van der Waals surface area contributed by atoms with Gasteiger partial charge in [0.1, 0.15) is 0 Å². The molecule has 0 aliphatic heterocycles. The van der Waals surface area contributed by atoms with Crippen molar-refractivity contribution in [1.82, 2.24) is 0 Å². The summed E-state index contributed by atoms with van der Waals surface area (Å²) in [5, 5.41) is 6.25. The number of methoxy groups -OCH3 is 1. The van der Waals surface area contributed by atoms with E-state index in [2.05, 4.69) is 5.10 Å². The highest BCUT2D eigenvalue weighted by atomic mass is 16.5. The Morgan fingerprint density at radius 2 is 1.86 bits per heavy atom. The predicted molar refractivity (Wildman–Crippen MR) is 86.6 cm³/mol. The summed E-state index contributed by atoms with van der Waals surface area (Å²) >= 11 is 0. The molecule has 0 unspecified atom stereocenters. The van der Waals surface area contributed by atoms with E-state index in [1.807, 2.05) is 67.5 Å². The molecule has 21 heavy (non-hydrogen) atoms. The minimum Gasteiger partial charge on any atom is -0.493 e. The van der Waals surface area contributed by atoms with Crippen LogP contribution in [-0.4, -0.2) is 27.0 Å². The Balaban J connectivity index is 2.14. The molecule has 0 radical (unpaired) electrons. The first-order valence-electron chi connectivity index (χ1n) is 6.88. The van der Waals surface area contributed by atoms with Crippen LogP contribution in [0, 0.1) is 0 Å². The summed E-state index contributed by atoms with van der Waals surface area (Å²) in [6, 6.07) is 15.7. The molecule has 0 amide bonds. The van der Waals surface area contributed by atoms with Gasteiger partial charge in [0, 0.05) is 7.05 Å². The van der Waals surface area contributed by atoms with Gasteiger partial charge in [-0.15, -0.1) is 0 Å². The van der Waals surface area contributed by atoms with E-state index in [4.69, 9.17) is 9.47 Å². The van der Waals surface area contributed by atoms with Crippen molar-refractivity contribution in [2.45, 2.75) is 6.92 Å². The van der Waals surface area contributed by atoms with E-state index in [9.17, 15) is 0 Å². The fourth-order valence-electron chi connectivity index (χ4n) is 1.90. The topological polar surface area (TPSA) is 34.1 Å². The van der Waals surface area contributed by atoms with Crippen molar-refractivity contribution >= 4 is 11.9 Å². The lowest BCUT2D eigenvalue weighted by Crippen LogP contribution is -2.08. The fraction of sp³-hybridized carbons (Fsp3) is 0.235. The quantitative estimate of drug-likeness (QED) is 0.601. The maximum absolute atomic E-state index is 5.50. The van der Waals surface area contributed by atoms with Gasteiger partial charge in [0.2, 0.25) is 0 Å². The Labute approximate surface area is 125 Å². The Morgan fingerprint density at radius 3 is 2.52 bits per heavy atom. The second-order valence-corrected chi connectivity index (χ2v) is 4.45. The van der Waals surface area contributed by atoms with Crippen molar-refractivity contribution in [2.75, 3.05) is 25.8 Å². The second-order valence-electron chi connectivity index (χ2n) is 4.45. The average Bonchev–Trinajstić information content (AvgIpc) is 2.54. The van der Waals surface area contributed by atoms with E-state index in [0.29, 0.717) is 12.4 Å². The number of para-hydroxylation sites is 1. The van der Waals surface area contributed by atoms with Gasteiger partial charge in [-0.05, 0) is 42.8 Å². The highest BCUT2D eigenvalue weighted by Gasteiger charge is 2.04. The lowest BCUT2D eigenvalue weighted by Gasteiger charge is -2.13. The van der Waals surface area contributed by atoms with Gasteiger partial charge in [-0.1, -0.05) is 18.2 Å². The molecular weight excluding hydrogens is 264 g/mol. The molecule has 0 heterocycles. The first-order valence-corrected chi connectivity index (χ1v) is 6.88. The first-order chi connectivity index (χ1) is 10.2. The molecule has 2 rings (SSSR count). The number of rotatable bonds is 6. The van der Waals surface area contributed by atoms with Crippen LogP contribution in [0.15, 0.2) is 53.6 Å². The molecule has 0 aromatic heterocycles. The molecular formula is C17H20N2O2. The van der Waals surface area contributed by atoms with Crippen molar-refractivity contribution < 1.29 is 9.47 Å². The van der Waals surface area contributed by atoms with E-state index in [1.54, 1.807) is 13.3 Å². The van der Waals surface area contributed by atoms with E-state index in [0.717, 1.165) is 17.0 Å². The Hall–Kier alpha value is -2.49. The van der Waals surface area contributed by atoms with Crippen LogP contribution in [0.3, 0.4) is 0 Å². The molecule has 2 aromatic rings. The van der Waals surface area contributed by atoms with Crippen LogP contribution in [0.2, 0.25) is 0 Å². The van der Waals surface area contributed by atoms with Gasteiger partial charge in [0.25, 0.3) is 0 Å². The highest BCUT2D eigenvalue weighted by Crippen LogP contribution is 2.27. The number of anilines is 1. The van der Waals surface area contributed by atoms with Crippen LogP contribution in [0.25, 0.3) is 0 Å². The Bertz CT molecular complexity index is 597. The minimum absolute atomic E-state index is 0.612. The lowest BCUT2D eigenvalue weighted by atomic mass is 10.2. The van der Waals surface area contributed by atoms with Gasteiger partial charge in [0.15, 0.2) is 11.5 Å². The van der Waals surface area contributed by atoms with E-state index in [1.165, 1.54) is 0 Å². The van der Waals surface area contributed by atoms with Crippen LogP contribution in [0.5, 0.6) is 11.5 Å². The predicted octanol–water partition coefficient (Wildman–Crippen LogP) is 3.56.